The maximum absolute atomic E-state index is 13.4. The van der Waals surface area contributed by atoms with E-state index in [0.717, 1.165) is 0 Å². The number of fused-ring (bicyclic) bond motifs is 1. The van der Waals surface area contributed by atoms with Gasteiger partial charge in [-0.25, -0.2) is 4.39 Å². The van der Waals surface area contributed by atoms with Gasteiger partial charge < -0.3 is 14.3 Å². The summed E-state index contributed by atoms with van der Waals surface area (Å²) in [6.45, 7) is 2.52. The zero-order chi connectivity index (χ0) is 17.1. The lowest BCUT2D eigenvalue weighted by Crippen LogP contribution is -2.32. The van der Waals surface area contributed by atoms with E-state index in [0.29, 0.717) is 24.1 Å². The van der Waals surface area contributed by atoms with Gasteiger partial charge in [-0.15, -0.1) is 0 Å². The first-order valence-corrected chi connectivity index (χ1v) is 7.74. The summed E-state index contributed by atoms with van der Waals surface area (Å²) in [5, 5.41) is 3.55. The Morgan fingerprint density at radius 1 is 1.29 bits per heavy atom. The normalized spacial score (nSPS) is 10.9. The second-order valence-corrected chi connectivity index (χ2v) is 5.48. The minimum Gasteiger partial charge on any atom is -0.467 e. The van der Waals surface area contributed by atoms with Crippen molar-refractivity contribution in [3.05, 3.63) is 70.3 Å². The molecular weight excluding hydrogens is 311 g/mol. The Balaban J connectivity index is 2.01. The Bertz CT molecular complexity index is 929. The molecule has 0 atom stereocenters. The minimum atomic E-state index is -0.474. The van der Waals surface area contributed by atoms with Gasteiger partial charge in [0.25, 0.3) is 11.5 Å². The highest BCUT2D eigenvalue weighted by Gasteiger charge is 2.16. The molecule has 1 aromatic carbocycles. The average Bonchev–Trinajstić information content (AvgIpc) is 3.09. The predicted octanol–water partition coefficient (Wildman–Crippen LogP) is 3.07. The van der Waals surface area contributed by atoms with Gasteiger partial charge in [0.1, 0.15) is 17.3 Å². The van der Waals surface area contributed by atoms with E-state index < -0.39 is 5.82 Å². The third kappa shape index (κ3) is 3.08. The molecule has 24 heavy (non-hydrogen) atoms. The van der Waals surface area contributed by atoms with Crippen LogP contribution in [0.25, 0.3) is 10.8 Å². The number of nitrogens with one attached hydrogen (secondary N) is 1. The summed E-state index contributed by atoms with van der Waals surface area (Å²) in [6.07, 6.45) is 2.21. The van der Waals surface area contributed by atoms with Gasteiger partial charge in [-0.1, -0.05) is 13.0 Å². The van der Waals surface area contributed by atoms with Crippen LogP contribution in [0.4, 0.5) is 4.39 Å². The van der Waals surface area contributed by atoms with Crippen LogP contribution >= 0.6 is 0 Å². The number of hydrogen-bond donors (Lipinski definition) is 1. The van der Waals surface area contributed by atoms with E-state index in [2.05, 4.69) is 5.32 Å². The third-order valence-electron chi connectivity index (χ3n) is 3.76. The fourth-order valence-corrected chi connectivity index (χ4v) is 2.62. The van der Waals surface area contributed by atoms with E-state index in [1.807, 2.05) is 6.92 Å². The monoisotopic (exact) mass is 328 g/mol. The highest BCUT2D eigenvalue weighted by molar-refractivity contribution is 5.96. The van der Waals surface area contributed by atoms with E-state index in [1.54, 1.807) is 18.2 Å². The molecule has 0 radical (unpaired) electrons. The van der Waals surface area contributed by atoms with Crippen LogP contribution in [-0.4, -0.2) is 10.5 Å². The van der Waals surface area contributed by atoms with Crippen LogP contribution in [0.3, 0.4) is 0 Å². The van der Waals surface area contributed by atoms with E-state index in [9.17, 15) is 14.0 Å². The van der Waals surface area contributed by atoms with Crippen molar-refractivity contribution >= 4 is 16.7 Å². The Labute approximate surface area is 137 Å². The van der Waals surface area contributed by atoms with Crippen molar-refractivity contribution in [2.24, 2.45) is 0 Å². The number of aromatic nitrogens is 1. The minimum absolute atomic E-state index is 0.230. The fraction of sp³-hybridized carbons (Fsp3) is 0.222. The molecule has 0 saturated carbocycles. The molecule has 2 aromatic heterocycles. The van der Waals surface area contributed by atoms with Gasteiger partial charge in [0.05, 0.1) is 18.2 Å². The SMILES string of the molecule is CCCn1c(C(=O)NCc2ccco2)cc2ccc(F)cc2c1=O. The lowest BCUT2D eigenvalue weighted by atomic mass is 10.1. The van der Waals surface area contributed by atoms with E-state index in [4.69, 9.17) is 4.42 Å². The summed E-state index contributed by atoms with van der Waals surface area (Å²) in [5.74, 6) is -0.226. The Morgan fingerprint density at radius 3 is 2.83 bits per heavy atom. The van der Waals surface area contributed by atoms with E-state index >= 15 is 0 Å². The molecule has 0 aliphatic rings. The largest absolute Gasteiger partial charge is 0.467 e. The van der Waals surface area contributed by atoms with E-state index in [1.165, 1.54) is 29.0 Å². The van der Waals surface area contributed by atoms with Crippen LogP contribution in [0, 0.1) is 5.82 Å². The van der Waals surface area contributed by atoms with Gasteiger partial charge >= 0.3 is 0 Å². The van der Waals surface area contributed by atoms with Crippen molar-refractivity contribution in [2.45, 2.75) is 26.4 Å². The molecule has 0 aliphatic carbocycles. The second kappa shape index (κ2) is 6.70. The van der Waals surface area contributed by atoms with Crippen molar-refractivity contribution in [1.29, 1.82) is 0 Å². The summed E-state index contributed by atoms with van der Waals surface area (Å²) in [6, 6.07) is 9.08. The van der Waals surface area contributed by atoms with Gasteiger partial charge in [0, 0.05) is 6.54 Å². The maximum atomic E-state index is 13.4. The molecule has 0 bridgehead atoms. The molecule has 0 spiro atoms. The summed E-state index contributed by atoms with van der Waals surface area (Å²) >= 11 is 0. The van der Waals surface area contributed by atoms with Crippen molar-refractivity contribution < 1.29 is 13.6 Å². The zero-order valence-electron chi connectivity index (χ0n) is 13.2. The number of carbonyl (C=O) groups excluding carboxylic acids is 1. The zero-order valence-corrected chi connectivity index (χ0v) is 13.2. The molecular formula is C18H17FN2O3. The van der Waals surface area contributed by atoms with Gasteiger partial charge in [0.15, 0.2) is 0 Å². The third-order valence-corrected chi connectivity index (χ3v) is 3.76. The topological polar surface area (TPSA) is 64.2 Å². The number of benzene rings is 1. The number of carbonyl (C=O) groups is 1. The molecule has 0 fully saturated rings. The Morgan fingerprint density at radius 2 is 2.12 bits per heavy atom. The highest BCUT2D eigenvalue weighted by Crippen LogP contribution is 2.15. The van der Waals surface area contributed by atoms with Crippen LogP contribution in [-0.2, 0) is 13.1 Å². The van der Waals surface area contributed by atoms with Gasteiger partial charge in [0.2, 0.25) is 0 Å². The summed E-state index contributed by atoms with van der Waals surface area (Å²) in [7, 11) is 0. The predicted molar refractivity (Wildman–Crippen MR) is 88.3 cm³/mol. The molecule has 0 unspecified atom stereocenters. The molecule has 2 heterocycles. The average molecular weight is 328 g/mol. The van der Waals surface area contributed by atoms with Crippen LogP contribution in [0.5, 0.6) is 0 Å². The standard InChI is InChI=1S/C18H17FN2O3/c1-2-7-21-16(17(22)20-11-14-4-3-8-24-14)9-12-5-6-13(19)10-15(12)18(21)23/h3-6,8-10H,2,7,11H2,1H3,(H,20,22). The van der Waals surface area contributed by atoms with Gasteiger partial charge in [-0.2, -0.15) is 0 Å². The summed E-state index contributed by atoms with van der Waals surface area (Å²) in [4.78, 5) is 25.1. The molecule has 3 aromatic rings. The van der Waals surface area contributed by atoms with Crippen molar-refractivity contribution in [2.75, 3.05) is 0 Å². The number of pyridine rings is 1. The molecule has 1 amide bonds. The van der Waals surface area contributed by atoms with Crippen molar-refractivity contribution in [1.82, 2.24) is 9.88 Å². The second-order valence-electron chi connectivity index (χ2n) is 5.48. The molecule has 124 valence electrons. The fourth-order valence-electron chi connectivity index (χ4n) is 2.62. The first-order chi connectivity index (χ1) is 11.6. The number of halogens is 1. The molecule has 0 aliphatic heterocycles. The number of rotatable bonds is 5. The first kappa shape index (κ1) is 16.0. The Hall–Kier alpha value is -2.89. The molecule has 5 nitrogen and oxygen atoms in total. The van der Waals surface area contributed by atoms with Crippen LogP contribution in [0.2, 0.25) is 0 Å². The van der Waals surface area contributed by atoms with Crippen molar-refractivity contribution in [3.63, 3.8) is 0 Å². The lowest BCUT2D eigenvalue weighted by Gasteiger charge is -2.13. The molecule has 1 N–H and O–H groups in total. The quantitative estimate of drug-likeness (QED) is 0.783. The van der Waals surface area contributed by atoms with Gasteiger partial charge in [-0.05, 0) is 42.1 Å². The van der Waals surface area contributed by atoms with Gasteiger partial charge in [-0.3, -0.25) is 9.59 Å². The summed E-state index contributed by atoms with van der Waals surface area (Å²) in [5.41, 5.74) is -0.107. The molecule has 3 rings (SSSR count). The number of hydrogen-bond acceptors (Lipinski definition) is 3. The number of furan rings is 1. The van der Waals surface area contributed by atoms with Crippen molar-refractivity contribution in [3.8, 4) is 0 Å². The smallest absolute Gasteiger partial charge is 0.268 e. The van der Waals surface area contributed by atoms with Crippen LogP contribution in [0.1, 0.15) is 29.6 Å². The Kier molecular flexibility index (Phi) is 4.46. The maximum Gasteiger partial charge on any atom is 0.268 e. The molecule has 6 heteroatoms. The summed E-state index contributed by atoms with van der Waals surface area (Å²) < 4.78 is 20.0. The first-order valence-electron chi connectivity index (χ1n) is 7.74. The van der Waals surface area contributed by atoms with E-state index in [-0.39, 0.29) is 29.1 Å². The highest BCUT2D eigenvalue weighted by atomic mass is 19.1. The number of nitrogens with zero attached hydrogens (tertiary/aromatic N) is 1. The van der Waals surface area contributed by atoms with Crippen LogP contribution in [0.15, 0.2) is 51.9 Å². The molecule has 0 saturated heterocycles. The lowest BCUT2D eigenvalue weighted by molar-refractivity contribution is 0.0937. The number of amides is 1. The van der Waals surface area contributed by atoms with Crippen LogP contribution < -0.4 is 10.9 Å².